The van der Waals surface area contributed by atoms with Crippen LogP contribution in [-0.4, -0.2) is 52.9 Å². The number of nitrogens with zero attached hydrogens (tertiary/aromatic N) is 3. The first-order valence-corrected chi connectivity index (χ1v) is 11.4. The van der Waals surface area contributed by atoms with Gasteiger partial charge in [-0.05, 0) is 79.3 Å². The Morgan fingerprint density at radius 1 is 1.18 bits per heavy atom. The average Bonchev–Trinajstić information content (AvgIpc) is 3.26. The maximum atomic E-state index is 12.7. The molecular weight excluding hydrogens is 368 g/mol. The Hall–Kier alpha value is -1.76. The maximum absolute atomic E-state index is 12.7. The van der Waals surface area contributed by atoms with Crippen molar-refractivity contribution in [3.05, 3.63) is 52.5 Å². The second-order valence-corrected chi connectivity index (χ2v) is 8.83. The van der Waals surface area contributed by atoms with E-state index in [0.29, 0.717) is 12.6 Å². The molecule has 2 aromatic heterocycles. The second-order valence-electron chi connectivity index (χ2n) is 8.05. The molecule has 1 unspecified atom stereocenters. The van der Waals surface area contributed by atoms with Crippen LogP contribution in [0, 0.1) is 5.92 Å². The molecule has 0 spiro atoms. The molecule has 2 fully saturated rings. The number of rotatable bonds is 6. The molecule has 0 bridgehead atoms. The molecule has 1 N–H and O–H groups in total. The highest BCUT2D eigenvalue weighted by Gasteiger charge is 2.31. The second kappa shape index (κ2) is 9.63. The molecule has 0 aliphatic carbocycles. The highest BCUT2D eigenvalue weighted by molar-refractivity contribution is 7.07. The Labute approximate surface area is 171 Å². The third kappa shape index (κ3) is 5.19. The van der Waals surface area contributed by atoms with Crippen molar-refractivity contribution in [1.29, 1.82) is 0 Å². The zero-order valence-corrected chi connectivity index (χ0v) is 17.2. The lowest BCUT2D eigenvalue weighted by Gasteiger charge is -2.42. The minimum atomic E-state index is 0.120. The molecule has 1 atom stereocenters. The van der Waals surface area contributed by atoms with Crippen molar-refractivity contribution < 1.29 is 4.79 Å². The maximum Gasteiger partial charge on any atom is 0.224 e. The molecule has 2 saturated heterocycles. The van der Waals surface area contributed by atoms with Gasteiger partial charge in [0, 0.05) is 38.1 Å². The van der Waals surface area contributed by atoms with Gasteiger partial charge in [-0.15, -0.1) is 0 Å². The molecule has 4 heterocycles. The van der Waals surface area contributed by atoms with Gasteiger partial charge in [0.1, 0.15) is 0 Å². The number of amides is 1. The zero-order chi connectivity index (χ0) is 19.2. The summed E-state index contributed by atoms with van der Waals surface area (Å²) in [6.45, 7) is 6.03. The van der Waals surface area contributed by atoms with E-state index in [4.69, 9.17) is 0 Å². The summed E-state index contributed by atoms with van der Waals surface area (Å²) in [5.41, 5.74) is 2.49. The fraction of sp³-hybridized carbons (Fsp3) is 0.545. The van der Waals surface area contributed by atoms with Crippen LogP contribution in [-0.2, 0) is 17.9 Å². The van der Waals surface area contributed by atoms with E-state index < -0.39 is 0 Å². The minimum Gasteiger partial charge on any atom is -0.352 e. The van der Waals surface area contributed by atoms with Gasteiger partial charge in [0.15, 0.2) is 0 Å². The van der Waals surface area contributed by atoms with E-state index >= 15 is 0 Å². The summed E-state index contributed by atoms with van der Waals surface area (Å²) in [6, 6.07) is 6.78. The predicted molar refractivity (Wildman–Crippen MR) is 113 cm³/mol. The van der Waals surface area contributed by atoms with Crippen LogP contribution in [0.4, 0.5) is 0 Å². The number of thiophene rings is 1. The first kappa shape index (κ1) is 19.6. The number of likely N-dealkylation sites (tertiary alicyclic amines) is 2. The summed E-state index contributed by atoms with van der Waals surface area (Å²) in [7, 11) is 0. The van der Waals surface area contributed by atoms with E-state index in [-0.39, 0.29) is 11.8 Å². The van der Waals surface area contributed by atoms with Gasteiger partial charge >= 0.3 is 0 Å². The van der Waals surface area contributed by atoms with Gasteiger partial charge < -0.3 is 5.32 Å². The standard InChI is InChI=1S/C22H30N4OS/c27-22(24-14-18-3-1-8-23-13-18)20-4-2-9-26(16-20)21-5-10-25(11-6-21)15-19-7-12-28-17-19/h1,3,7-8,12-13,17,20-21H,2,4-6,9-11,14-16H2,(H,24,27). The first-order valence-electron chi connectivity index (χ1n) is 10.4. The number of hydrogen-bond acceptors (Lipinski definition) is 5. The number of piperidine rings is 2. The number of pyridine rings is 1. The highest BCUT2D eigenvalue weighted by atomic mass is 32.1. The van der Waals surface area contributed by atoms with Crippen molar-refractivity contribution in [2.45, 2.75) is 44.8 Å². The van der Waals surface area contributed by atoms with E-state index in [2.05, 4.69) is 36.9 Å². The van der Waals surface area contributed by atoms with Crippen LogP contribution in [0.1, 0.15) is 36.8 Å². The summed E-state index contributed by atoms with van der Waals surface area (Å²) in [6.07, 6.45) is 8.14. The molecule has 0 aromatic carbocycles. The monoisotopic (exact) mass is 398 g/mol. The summed E-state index contributed by atoms with van der Waals surface area (Å²) in [4.78, 5) is 21.9. The summed E-state index contributed by atoms with van der Waals surface area (Å²) < 4.78 is 0. The smallest absolute Gasteiger partial charge is 0.224 e. The molecule has 150 valence electrons. The van der Waals surface area contributed by atoms with Gasteiger partial charge in [-0.1, -0.05) is 6.07 Å². The Kier molecular flexibility index (Phi) is 6.73. The lowest BCUT2D eigenvalue weighted by atomic mass is 9.93. The van der Waals surface area contributed by atoms with Gasteiger partial charge in [-0.2, -0.15) is 11.3 Å². The SMILES string of the molecule is O=C(NCc1cccnc1)C1CCCN(C2CCN(Cc3ccsc3)CC2)C1. The van der Waals surface area contributed by atoms with Crippen molar-refractivity contribution in [2.24, 2.45) is 5.92 Å². The lowest BCUT2D eigenvalue weighted by Crippen LogP contribution is -2.50. The Balaban J connectivity index is 1.23. The van der Waals surface area contributed by atoms with E-state index in [0.717, 1.165) is 51.1 Å². The molecule has 2 aromatic rings. The van der Waals surface area contributed by atoms with Crippen LogP contribution in [0.15, 0.2) is 41.4 Å². The molecule has 2 aliphatic heterocycles. The predicted octanol–water partition coefficient (Wildman–Crippen LogP) is 3.14. The summed E-state index contributed by atoms with van der Waals surface area (Å²) >= 11 is 1.78. The van der Waals surface area contributed by atoms with Gasteiger partial charge in [0.05, 0.1) is 5.92 Å². The van der Waals surface area contributed by atoms with Crippen molar-refractivity contribution in [3.8, 4) is 0 Å². The summed E-state index contributed by atoms with van der Waals surface area (Å²) in [5, 5.41) is 7.53. The topological polar surface area (TPSA) is 48.5 Å². The summed E-state index contributed by atoms with van der Waals surface area (Å²) in [5.74, 6) is 0.317. The molecule has 1 amide bonds. The normalized spacial score (nSPS) is 22.2. The van der Waals surface area contributed by atoms with Crippen molar-refractivity contribution in [1.82, 2.24) is 20.1 Å². The molecular formula is C22H30N4OS. The van der Waals surface area contributed by atoms with E-state index in [9.17, 15) is 4.79 Å². The van der Waals surface area contributed by atoms with Crippen LogP contribution in [0.3, 0.4) is 0 Å². The van der Waals surface area contributed by atoms with Gasteiger partial charge in [-0.25, -0.2) is 0 Å². The Morgan fingerprint density at radius 2 is 2.07 bits per heavy atom. The van der Waals surface area contributed by atoms with Crippen LogP contribution >= 0.6 is 11.3 Å². The number of hydrogen-bond donors (Lipinski definition) is 1. The van der Waals surface area contributed by atoms with Gasteiger partial charge in [-0.3, -0.25) is 19.6 Å². The third-order valence-corrected chi connectivity index (χ3v) is 6.80. The quantitative estimate of drug-likeness (QED) is 0.812. The fourth-order valence-corrected chi connectivity index (χ4v) is 5.13. The molecule has 6 heteroatoms. The van der Waals surface area contributed by atoms with Crippen LogP contribution < -0.4 is 5.32 Å². The number of carbonyl (C=O) groups excluding carboxylic acids is 1. The lowest BCUT2D eigenvalue weighted by molar-refractivity contribution is -0.127. The largest absolute Gasteiger partial charge is 0.352 e. The first-order chi connectivity index (χ1) is 13.8. The third-order valence-electron chi connectivity index (χ3n) is 6.07. The van der Waals surface area contributed by atoms with E-state index in [1.807, 2.05) is 18.3 Å². The number of carbonyl (C=O) groups is 1. The highest BCUT2D eigenvalue weighted by Crippen LogP contribution is 2.25. The van der Waals surface area contributed by atoms with Crippen molar-refractivity contribution in [3.63, 3.8) is 0 Å². The molecule has 0 radical (unpaired) electrons. The average molecular weight is 399 g/mol. The van der Waals surface area contributed by atoms with Gasteiger partial charge in [0.25, 0.3) is 0 Å². The molecule has 28 heavy (non-hydrogen) atoms. The van der Waals surface area contributed by atoms with Gasteiger partial charge in [0.2, 0.25) is 5.91 Å². The van der Waals surface area contributed by atoms with Crippen LogP contribution in [0.25, 0.3) is 0 Å². The van der Waals surface area contributed by atoms with Crippen LogP contribution in [0.2, 0.25) is 0 Å². The van der Waals surface area contributed by atoms with E-state index in [1.54, 1.807) is 17.5 Å². The molecule has 0 saturated carbocycles. The molecule has 5 nitrogen and oxygen atoms in total. The molecule has 2 aliphatic rings. The van der Waals surface area contributed by atoms with E-state index in [1.165, 1.54) is 18.4 Å². The van der Waals surface area contributed by atoms with Crippen molar-refractivity contribution >= 4 is 17.2 Å². The minimum absolute atomic E-state index is 0.120. The van der Waals surface area contributed by atoms with Crippen LogP contribution in [0.5, 0.6) is 0 Å². The zero-order valence-electron chi connectivity index (χ0n) is 16.4. The fourth-order valence-electron chi connectivity index (χ4n) is 4.47. The Morgan fingerprint density at radius 3 is 2.82 bits per heavy atom. The number of nitrogens with one attached hydrogen (secondary N) is 1. The van der Waals surface area contributed by atoms with Crippen molar-refractivity contribution in [2.75, 3.05) is 26.2 Å². The molecule has 4 rings (SSSR count). The number of aromatic nitrogens is 1. The Bertz CT molecular complexity index is 728.